The van der Waals surface area contributed by atoms with Gasteiger partial charge in [0.15, 0.2) is 0 Å². The smallest absolute Gasteiger partial charge is 0.0555 e. The van der Waals surface area contributed by atoms with Crippen molar-refractivity contribution in [3.63, 3.8) is 0 Å². The highest BCUT2D eigenvalue weighted by molar-refractivity contribution is 8.01. The molecule has 0 fully saturated rings. The molecule has 0 aliphatic rings. The number of halogens is 1. The summed E-state index contributed by atoms with van der Waals surface area (Å²) in [5.74, 6) is 0. The molecule has 0 unspecified atom stereocenters. The maximum atomic E-state index is 6.17. The molecule has 14 heavy (non-hydrogen) atoms. The highest BCUT2D eigenvalue weighted by Crippen LogP contribution is 2.35. The van der Waals surface area contributed by atoms with Gasteiger partial charge in [-0.2, -0.15) is 0 Å². The molecule has 0 bridgehead atoms. The van der Waals surface area contributed by atoms with Gasteiger partial charge in [-0.05, 0) is 43.2 Å². The molecule has 4 heteroatoms. The van der Waals surface area contributed by atoms with Gasteiger partial charge in [0.05, 0.1) is 5.02 Å². The second-order valence-corrected chi connectivity index (χ2v) is 4.92. The lowest BCUT2D eigenvalue weighted by Gasteiger charge is -2.09. The van der Waals surface area contributed by atoms with Crippen LogP contribution < -0.4 is 5.73 Å². The molecular formula is C10H14ClNS2. The van der Waals surface area contributed by atoms with E-state index < -0.39 is 0 Å². The number of benzene rings is 1. The molecule has 1 aromatic rings. The molecule has 0 aliphatic carbocycles. The predicted octanol–water partition coefficient (Wildman–Crippen LogP) is 3.29. The van der Waals surface area contributed by atoms with Gasteiger partial charge in [0.2, 0.25) is 0 Å². The van der Waals surface area contributed by atoms with Crippen molar-refractivity contribution in [2.45, 2.75) is 16.2 Å². The Bertz CT molecular complexity index is 315. The van der Waals surface area contributed by atoms with E-state index in [-0.39, 0.29) is 0 Å². The average Bonchev–Trinajstić information content (AvgIpc) is 2.17. The summed E-state index contributed by atoms with van der Waals surface area (Å²) in [6.07, 6.45) is 5.00. The van der Waals surface area contributed by atoms with Crippen molar-refractivity contribution in [2.75, 3.05) is 19.1 Å². The lowest BCUT2D eigenvalue weighted by Crippen LogP contribution is -2.02. The summed E-state index contributed by atoms with van der Waals surface area (Å²) in [4.78, 5) is 2.41. The second-order valence-electron chi connectivity index (χ2n) is 2.85. The van der Waals surface area contributed by atoms with E-state index in [1.807, 2.05) is 12.3 Å². The van der Waals surface area contributed by atoms with Crippen molar-refractivity contribution in [2.24, 2.45) is 5.73 Å². The maximum absolute atomic E-state index is 6.17. The van der Waals surface area contributed by atoms with Crippen LogP contribution in [0.15, 0.2) is 21.9 Å². The Labute approximate surface area is 98.8 Å². The molecule has 0 aliphatic heterocycles. The number of hydrogen-bond donors (Lipinski definition) is 1. The molecule has 78 valence electrons. The summed E-state index contributed by atoms with van der Waals surface area (Å²) in [6, 6.07) is 4.19. The molecule has 0 atom stereocenters. The normalized spacial score (nSPS) is 10.6. The molecule has 0 saturated carbocycles. The lowest BCUT2D eigenvalue weighted by atomic mass is 10.1. The van der Waals surface area contributed by atoms with Gasteiger partial charge in [0.25, 0.3) is 0 Å². The Hall–Kier alpha value is 0.170. The Morgan fingerprint density at radius 2 is 2.00 bits per heavy atom. The van der Waals surface area contributed by atoms with Gasteiger partial charge in [-0.3, -0.25) is 0 Å². The monoisotopic (exact) mass is 247 g/mol. The van der Waals surface area contributed by atoms with Crippen molar-refractivity contribution in [3.05, 3.63) is 22.7 Å². The van der Waals surface area contributed by atoms with Crippen LogP contribution in [0.4, 0.5) is 0 Å². The third-order valence-corrected chi connectivity index (χ3v) is 4.08. The van der Waals surface area contributed by atoms with Gasteiger partial charge < -0.3 is 5.73 Å². The summed E-state index contributed by atoms with van der Waals surface area (Å²) in [5.41, 5.74) is 6.74. The Balaban J connectivity index is 3.10. The quantitative estimate of drug-likeness (QED) is 0.827. The first kappa shape index (κ1) is 12.2. The molecule has 1 rings (SSSR count). The molecule has 0 radical (unpaired) electrons. The van der Waals surface area contributed by atoms with Crippen molar-refractivity contribution in [1.29, 1.82) is 0 Å². The zero-order valence-corrected chi connectivity index (χ0v) is 10.7. The topological polar surface area (TPSA) is 26.0 Å². The number of thioether (sulfide) groups is 2. The molecule has 0 spiro atoms. The van der Waals surface area contributed by atoms with Gasteiger partial charge in [0, 0.05) is 9.79 Å². The Kier molecular flexibility index (Phi) is 5.17. The van der Waals surface area contributed by atoms with Crippen LogP contribution >= 0.6 is 35.1 Å². The fraction of sp³-hybridized carbons (Fsp3) is 0.400. The zero-order valence-electron chi connectivity index (χ0n) is 8.34. The van der Waals surface area contributed by atoms with Crippen LogP contribution in [-0.2, 0) is 6.42 Å². The highest BCUT2D eigenvalue weighted by atomic mass is 35.5. The van der Waals surface area contributed by atoms with Crippen LogP contribution in [0.5, 0.6) is 0 Å². The van der Waals surface area contributed by atoms with Crippen molar-refractivity contribution < 1.29 is 0 Å². The van der Waals surface area contributed by atoms with E-state index in [4.69, 9.17) is 17.3 Å². The largest absolute Gasteiger partial charge is 0.330 e. The van der Waals surface area contributed by atoms with E-state index in [1.54, 1.807) is 23.5 Å². The molecule has 0 heterocycles. The van der Waals surface area contributed by atoms with Crippen molar-refractivity contribution in [3.8, 4) is 0 Å². The number of hydrogen-bond acceptors (Lipinski definition) is 3. The second kappa shape index (κ2) is 5.91. The highest BCUT2D eigenvalue weighted by Gasteiger charge is 2.07. The first-order valence-corrected chi connectivity index (χ1v) is 7.16. The van der Waals surface area contributed by atoms with Gasteiger partial charge in [0.1, 0.15) is 0 Å². The van der Waals surface area contributed by atoms with E-state index in [9.17, 15) is 0 Å². The minimum atomic E-state index is 0.669. The molecule has 0 aromatic heterocycles. The Morgan fingerprint density at radius 3 is 2.50 bits per heavy atom. The average molecular weight is 248 g/mol. The summed E-state index contributed by atoms with van der Waals surface area (Å²) < 4.78 is 0. The molecule has 0 amide bonds. The molecule has 1 nitrogen and oxygen atoms in total. The fourth-order valence-electron chi connectivity index (χ4n) is 1.28. The zero-order chi connectivity index (χ0) is 10.6. The molecule has 1 aromatic carbocycles. The third kappa shape index (κ3) is 2.83. The van der Waals surface area contributed by atoms with E-state index in [0.29, 0.717) is 6.54 Å². The summed E-state index contributed by atoms with van der Waals surface area (Å²) >= 11 is 9.59. The van der Waals surface area contributed by atoms with Crippen molar-refractivity contribution in [1.82, 2.24) is 0 Å². The van der Waals surface area contributed by atoms with Crippen LogP contribution in [0.3, 0.4) is 0 Å². The minimum absolute atomic E-state index is 0.669. The predicted molar refractivity (Wildman–Crippen MR) is 67.8 cm³/mol. The molecule has 0 saturated heterocycles. The van der Waals surface area contributed by atoms with Gasteiger partial charge in [-0.25, -0.2) is 0 Å². The first-order valence-electron chi connectivity index (χ1n) is 4.33. The van der Waals surface area contributed by atoms with E-state index in [2.05, 4.69) is 12.3 Å². The SMILES string of the molecule is CSc1cc(CCN)cc(Cl)c1SC. The van der Waals surface area contributed by atoms with Crippen LogP contribution in [0.1, 0.15) is 5.56 Å². The summed E-state index contributed by atoms with van der Waals surface area (Å²) in [7, 11) is 0. The van der Waals surface area contributed by atoms with Crippen LogP contribution in [0.2, 0.25) is 5.02 Å². The van der Waals surface area contributed by atoms with E-state index >= 15 is 0 Å². The number of rotatable bonds is 4. The maximum Gasteiger partial charge on any atom is 0.0555 e. The first-order chi connectivity index (χ1) is 6.72. The number of nitrogens with two attached hydrogens (primary N) is 1. The van der Waals surface area contributed by atoms with Gasteiger partial charge in [-0.1, -0.05) is 11.6 Å². The third-order valence-electron chi connectivity index (χ3n) is 1.93. The molecule has 2 N–H and O–H groups in total. The van der Waals surface area contributed by atoms with Gasteiger partial charge in [-0.15, -0.1) is 23.5 Å². The lowest BCUT2D eigenvalue weighted by molar-refractivity contribution is 0.958. The summed E-state index contributed by atoms with van der Waals surface area (Å²) in [6.45, 7) is 0.669. The molecular weight excluding hydrogens is 234 g/mol. The van der Waals surface area contributed by atoms with Gasteiger partial charge >= 0.3 is 0 Å². The Morgan fingerprint density at radius 1 is 1.29 bits per heavy atom. The van der Waals surface area contributed by atoms with E-state index in [0.717, 1.165) is 11.4 Å². The fourth-order valence-corrected chi connectivity index (χ4v) is 3.39. The minimum Gasteiger partial charge on any atom is -0.330 e. The standard InChI is InChI=1S/C10H14ClNS2/c1-13-9-6-7(3-4-12)5-8(11)10(9)14-2/h5-6H,3-4,12H2,1-2H3. The van der Waals surface area contributed by atoms with Crippen molar-refractivity contribution >= 4 is 35.1 Å². The van der Waals surface area contributed by atoms with Crippen LogP contribution in [0, 0.1) is 0 Å². The summed E-state index contributed by atoms with van der Waals surface area (Å²) in [5, 5.41) is 0.841. The van der Waals surface area contributed by atoms with E-state index in [1.165, 1.54) is 15.4 Å². The van der Waals surface area contributed by atoms with Crippen LogP contribution in [-0.4, -0.2) is 19.1 Å². The van der Waals surface area contributed by atoms with Crippen LogP contribution in [0.25, 0.3) is 0 Å².